The lowest BCUT2D eigenvalue weighted by Crippen LogP contribution is -2.30. The second-order valence-electron chi connectivity index (χ2n) is 23.4. The third kappa shape index (κ3) is 68.7. The van der Waals surface area contributed by atoms with Crippen LogP contribution in [0.15, 0.2) is 109 Å². The fraction of sp³-hybridized carbons (Fsp3) is 0.727. The molecule has 0 spiro atoms. The monoisotopic (exact) mass is 1150 g/mol. The van der Waals surface area contributed by atoms with E-state index < -0.39 is 12.1 Å². The first kappa shape index (κ1) is 79.1. The van der Waals surface area contributed by atoms with Crippen molar-refractivity contribution in [2.75, 3.05) is 13.2 Å². The second-order valence-corrected chi connectivity index (χ2v) is 23.4. The predicted molar refractivity (Wildman–Crippen MR) is 362 cm³/mol. The van der Waals surface area contributed by atoms with E-state index in [1.807, 2.05) is 6.08 Å². The molecule has 6 nitrogen and oxygen atoms in total. The summed E-state index contributed by atoms with van der Waals surface area (Å²) in [6.45, 7) is 6.48. The number of rotatable bonds is 64. The Bertz CT molecular complexity index is 1660. The maximum absolute atomic E-state index is 12.9. The molecule has 476 valence electrons. The van der Waals surface area contributed by atoms with Crippen LogP contribution in [0.3, 0.4) is 0 Å². The number of esters is 3. The lowest BCUT2D eigenvalue weighted by Gasteiger charge is -2.18. The SMILES string of the molecule is CC/C=C\C/C=C\C/C=C\C/C=C\C/C=C\C/C=C\CCC(=O)OC(COC(=O)CCCCCCC/C=C\CCCCCCCC)COC(=O)CCCCCCCCCCCCCCCCCCCCC/C=C\C/C=C\CCCCCCC. The minimum atomic E-state index is -0.824. The molecule has 0 aromatic heterocycles. The van der Waals surface area contributed by atoms with Crippen molar-refractivity contribution < 1.29 is 28.6 Å². The molecule has 0 aliphatic carbocycles. The summed E-state index contributed by atoms with van der Waals surface area (Å²) in [7, 11) is 0. The normalized spacial score (nSPS) is 12.8. The maximum atomic E-state index is 12.9. The van der Waals surface area contributed by atoms with Gasteiger partial charge in [-0.05, 0) is 116 Å². The molecule has 6 heteroatoms. The van der Waals surface area contributed by atoms with Crippen molar-refractivity contribution in [1.29, 1.82) is 0 Å². The van der Waals surface area contributed by atoms with Crippen LogP contribution in [0.4, 0.5) is 0 Å². The molecular weight excluding hydrogens is 1020 g/mol. The average Bonchev–Trinajstić information content (AvgIpc) is 3.49. The number of carbonyl (C=O) groups excluding carboxylic acids is 3. The number of unbranched alkanes of at least 4 members (excludes halogenated alkanes) is 35. The highest BCUT2D eigenvalue weighted by molar-refractivity contribution is 5.71. The lowest BCUT2D eigenvalue weighted by molar-refractivity contribution is -0.166. The molecular formula is C77H132O6. The van der Waals surface area contributed by atoms with Gasteiger partial charge in [-0.3, -0.25) is 14.4 Å². The molecule has 0 aliphatic heterocycles. The van der Waals surface area contributed by atoms with Gasteiger partial charge in [-0.1, -0.05) is 316 Å². The summed E-state index contributed by atoms with van der Waals surface area (Å²) in [6.07, 6.45) is 97.1. The third-order valence-corrected chi connectivity index (χ3v) is 15.2. The molecule has 0 fully saturated rings. The van der Waals surface area contributed by atoms with Gasteiger partial charge in [0, 0.05) is 19.3 Å². The van der Waals surface area contributed by atoms with Gasteiger partial charge in [-0.2, -0.15) is 0 Å². The summed E-state index contributed by atoms with van der Waals surface area (Å²) in [5, 5.41) is 0. The van der Waals surface area contributed by atoms with Crippen molar-refractivity contribution >= 4 is 17.9 Å². The molecule has 0 saturated carbocycles. The number of hydrogen-bond acceptors (Lipinski definition) is 6. The second kappa shape index (κ2) is 70.6. The van der Waals surface area contributed by atoms with Gasteiger partial charge in [0.05, 0.1) is 0 Å². The molecule has 0 amide bonds. The van der Waals surface area contributed by atoms with E-state index in [0.717, 1.165) is 96.3 Å². The number of allylic oxidation sites excluding steroid dienone is 18. The first-order valence-electron chi connectivity index (χ1n) is 35.4. The number of hydrogen-bond donors (Lipinski definition) is 0. The van der Waals surface area contributed by atoms with Gasteiger partial charge in [0.1, 0.15) is 13.2 Å². The van der Waals surface area contributed by atoms with E-state index in [1.165, 1.54) is 199 Å². The molecule has 0 bridgehead atoms. The molecule has 83 heavy (non-hydrogen) atoms. The van der Waals surface area contributed by atoms with Crippen molar-refractivity contribution in [3.8, 4) is 0 Å². The van der Waals surface area contributed by atoms with Crippen LogP contribution in [0.2, 0.25) is 0 Å². The highest BCUT2D eigenvalue weighted by Crippen LogP contribution is 2.17. The van der Waals surface area contributed by atoms with Crippen LogP contribution in [0.25, 0.3) is 0 Å². The van der Waals surface area contributed by atoms with Crippen LogP contribution in [0.5, 0.6) is 0 Å². The molecule has 0 aliphatic rings. The molecule has 0 radical (unpaired) electrons. The van der Waals surface area contributed by atoms with Crippen molar-refractivity contribution in [2.24, 2.45) is 0 Å². The van der Waals surface area contributed by atoms with E-state index >= 15 is 0 Å². The Morgan fingerprint density at radius 2 is 0.494 bits per heavy atom. The Kier molecular flexibility index (Phi) is 67.2. The van der Waals surface area contributed by atoms with Crippen LogP contribution in [-0.2, 0) is 28.6 Å². The largest absolute Gasteiger partial charge is 0.462 e. The zero-order valence-electron chi connectivity index (χ0n) is 54.7. The summed E-state index contributed by atoms with van der Waals surface area (Å²) in [6, 6.07) is 0. The molecule has 0 aromatic carbocycles. The summed E-state index contributed by atoms with van der Waals surface area (Å²) in [4.78, 5) is 38.4. The van der Waals surface area contributed by atoms with E-state index in [1.54, 1.807) is 0 Å². The van der Waals surface area contributed by atoms with Crippen LogP contribution in [0.1, 0.15) is 342 Å². The number of carbonyl (C=O) groups is 3. The Balaban J connectivity index is 4.31. The number of ether oxygens (including phenoxy) is 3. The average molecular weight is 1150 g/mol. The smallest absolute Gasteiger partial charge is 0.306 e. The van der Waals surface area contributed by atoms with E-state index in [4.69, 9.17) is 14.2 Å². The zero-order valence-corrected chi connectivity index (χ0v) is 54.7. The van der Waals surface area contributed by atoms with Crippen LogP contribution in [0, 0.1) is 0 Å². The molecule has 0 saturated heterocycles. The summed E-state index contributed by atoms with van der Waals surface area (Å²) < 4.78 is 16.9. The van der Waals surface area contributed by atoms with Gasteiger partial charge < -0.3 is 14.2 Å². The summed E-state index contributed by atoms with van der Waals surface area (Å²) in [5.74, 6) is -0.991. The van der Waals surface area contributed by atoms with E-state index in [2.05, 4.69) is 124 Å². The summed E-state index contributed by atoms with van der Waals surface area (Å²) in [5.41, 5.74) is 0. The van der Waals surface area contributed by atoms with E-state index in [9.17, 15) is 14.4 Å². The van der Waals surface area contributed by atoms with Gasteiger partial charge in [-0.15, -0.1) is 0 Å². The van der Waals surface area contributed by atoms with Crippen LogP contribution >= 0.6 is 0 Å². The molecule has 0 aromatic rings. The first-order chi connectivity index (χ1) is 41.0. The minimum Gasteiger partial charge on any atom is -0.462 e. The molecule has 0 rings (SSSR count). The third-order valence-electron chi connectivity index (χ3n) is 15.2. The molecule has 0 N–H and O–H groups in total. The van der Waals surface area contributed by atoms with Crippen molar-refractivity contribution in [3.05, 3.63) is 109 Å². The highest BCUT2D eigenvalue weighted by Gasteiger charge is 2.19. The van der Waals surface area contributed by atoms with E-state index in [-0.39, 0.29) is 31.6 Å². The fourth-order valence-corrected chi connectivity index (χ4v) is 9.97. The van der Waals surface area contributed by atoms with Crippen molar-refractivity contribution in [2.45, 2.75) is 348 Å². The quantitative estimate of drug-likeness (QED) is 0.0261. The molecule has 0 heterocycles. The van der Waals surface area contributed by atoms with Crippen LogP contribution in [-0.4, -0.2) is 37.2 Å². The lowest BCUT2D eigenvalue weighted by atomic mass is 10.0. The predicted octanol–water partition coefficient (Wildman–Crippen LogP) is 24.6. The van der Waals surface area contributed by atoms with Gasteiger partial charge in [-0.25, -0.2) is 0 Å². The van der Waals surface area contributed by atoms with Crippen molar-refractivity contribution in [3.63, 3.8) is 0 Å². The van der Waals surface area contributed by atoms with Gasteiger partial charge in [0.2, 0.25) is 0 Å². The standard InChI is InChI=1S/C77H132O6/c1-4-7-10-13-16-19-22-25-28-30-32-33-34-35-36-37-38-39-40-41-42-43-45-46-49-52-55-58-61-64-67-70-76(79)82-73-74(72-81-75(78)69-66-63-60-57-54-51-48-27-24-21-18-15-12-9-6-3)83-77(80)71-68-65-62-59-56-53-50-47-44-31-29-26-23-20-17-14-11-8-5-2/h8,11,17,20,22,25-27,29-30,32,44,47-48,53,56,62,65,74H,4-7,9-10,12-16,18-19,21,23-24,28,31,33-43,45-46,49-52,54-55,57-61,63-64,66-73H2,1-3H3/b11-8-,20-17-,25-22-,29-26-,32-30-,47-44-,48-27-,56-53-,65-62-. The Morgan fingerprint density at radius 1 is 0.253 bits per heavy atom. The summed E-state index contributed by atoms with van der Waals surface area (Å²) >= 11 is 0. The van der Waals surface area contributed by atoms with Crippen molar-refractivity contribution in [1.82, 2.24) is 0 Å². The Labute approximate surface area is 514 Å². The topological polar surface area (TPSA) is 78.9 Å². The van der Waals surface area contributed by atoms with Crippen LogP contribution < -0.4 is 0 Å². The fourth-order valence-electron chi connectivity index (χ4n) is 9.97. The molecule has 1 unspecified atom stereocenters. The van der Waals surface area contributed by atoms with Gasteiger partial charge >= 0.3 is 17.9 Å². The maximum Gasteiger partial charge on any atom is 0.306 e. The Morgan fingerprint density at radius 3 is 0.795 bits per heavy atom. The van der Waals surface area contributed by atoms with Gasteiger partial charge in [0.15, 0.2) is 6.10 Å². The van der Waals surface area contributed by atoms with Gasteiger partial charge in [0.25, 0.3) is 0 Å². The zero-order chi connectivity index (χ0) is 59.9. The molecule has 1 atom stereocenters. The van der Waals surface area contributed by atoms with E-state index in [0.29, 0.717) is 19.3 Å². The highest BCUT2D eigenvalue weighted by atomic mass is 16.6. The Hall–Kier alpha value is -3.93. The minimum absolute atomic E-state index is 0.109. The first-order valence-corrected chi connectivity index (χ1v) is 35.4.